The zero-order valence-corrected chi connectivity index (χ0v) is 20.9. The topological polar surface area (TPSA) is 12.9 Å². The fourth-order valence-electron chi connectivity index (χ4n) is 6.83. The highest BCUT2D eigenvalue weighted by Crippen LogP contribution is 2.58. The summed E-state index contributed by atoms with van der Waals surface area (Å²) in [5.74, 6) is 0. The predicted octanol–water partition coefficient (Wildman–Crippen LogP) is 9.05. The Morgan fingerprint density at radius 2 is 1.54 bits per heavy atom. The Balaban J connectivity index is 1.40. The van der Waals surface area contributed by atoms with Crippen LogP contribution in [-0.2, 0) is 10.8 Å². The van der Waals surface area contributed by atoms with Crippen LogP contribution in [0.1, 0.15) is 79.8 Å². The third kappa shape index (κ3) is 3.04. The van der Waals surface area contributed by atoms with Gasteiger partial charge in [-0.1, -0.05) is 88.2 Å². The van der Waals surface area contributed by atoms with Gasteiger partial charge in [-0.15, -0.1) is 0 Å². The molecule has 3 aliphatic carbocycles. The van der Waals surface area contributed by atoms with Crippen LogP contribution in [0.2, 0.25) is 0 Å². The largest absolute Gasteiger partial charge is 0.256 e. The first-order valence-electron chi connectivity index (χ1n) is 13.0. The van der Waals surface area contributed by atoms with Crippen LogP contribution in [0.25, 0.3) is 45.8 Å². The number of pyridine rings is 1. The zero-order valence-electron chi connectivity index (χ0n) is 20.9. The van der Waals surface area contributed by atoms with Crippen LogP contribution in [0.5, 0.6) is 0 Å². The van der Waals surface area contributed by atoms with E-state index in [1.165, 1.54) is 86.7 Å². The quantitative estimate of drug-likeness (QED) is 0.260. The molecule has 3 aliphatic rings. The fraction of sp³-hybridized carbons (Fsp3) is 0.265. The van der Waals surface area contributed by atoms with Crippen LogP contribution in [0.15, 0.2) is 66.9 Å². The maximum Gasteiger partial charge on any atom is 0.0749 e. The number of allylic oxidation sites excluding steroid dienone is 1. The first-order valence-corrected chi connectivity index (χ1v) is 13.0. The molecule has 4 aromatic rings. The van der Waals surface area contributed by atoms with Crippen LogP contribution in [0.3, 0.4) is 0 Å². The third-order valence-electron chi connectivity index (χ3n) is 8.55. The van der Waals surface area contributed by atoms with Crippen molar-refractivity contribution in [1.82, 2.24) is 4.98 Å². The van der Waals surface area contributed by atoms with Gasteiger partial charge in [-0.2, -0.15) is 0 Å². The molecule has 1 aromatic heterocycles. The molecule has 35 heavy (non-hydrogen) atoms. The highest BCUT2D eigenvalue weighted by Gasteiger charge is 2.46. The average molecular weight is 454 g/mol. The van der Waals surface area contributed by atoms with E-state index in [4.69, 9.17) is 4.98 Å². The second kappa shape index (κ2) is 7.28. The molecule has 7 rings (SSSR count). The minimum atomic E-state index is 0.0646. The van der Waals surface area contributed by atoms with Crippen LogP contribution >= 0.6 is 0 Å². The standard InChI is InChI=1S/C34H31N/c1-33(2,3)28-13-11-22(12-14-28)29-21-26-15-18-35-32(31(26)34(29)16-4-5-17-34)27-19-24-8-6-7-23-9-10-25(20-27)30(23)24/h6-15,18-21H,4-5,16-17H2,1-3H3. The molecule has 0 aliphatic heterocycles. The van der Waals surface area contributed by atoms with Crippen LogP contribution in [0.4, 0.5) is 0 Å². The predicted molar refractivity (Wildman–Crippen MR) is 149 cm³/mol. The first-order chi connectivity index (χ1) is 16.9. The van der Waals surface area contributed by atoms with E-state index in [0.717, 1.165) is 0 Å². The van der Waals surface area contributed by atoms with E-state index >= 15 is 0 Å². The van der Waals surface area contributed by atoms with Crippen molar-refractivity contribution in [3.8, 4) is 11.3 Å². The summed E-state index contributed by atoms with van der Waals surface area (Å²) in [5.41, 5.74) is 12.4. The van der Waals surface area contributed by atoms with Gasteiger partial charge >= 0.3 is 0 Å². The highest BCUT2D eigenvalue weighted by molar-refractivity contribution is 6.07. The molecule has 172 valence electrons. The monoisotopic (exact) mass is 453 g/mol. The fourth-order valence-corrected chi connectivity index (χ4v) is 6.83. The Kier molecular flexibility index (Phi) is 4.34. The zero-order chi connectivity index (χ0) is 23.8. The molecule has 0 radical (unpaired) electrons. The summed E-state index contributed by atoms with van der Waals surface area (Å²) >= 11 is 0. The van der Waals surface area contributed by atoms with Crippen molar-refractivity contribution in [2.24, 2.45) is 0 Å². The molecule has 0 amide bonds. The Morgan fingerprint density at radius 1 is 0.771 bits per heavy atom. The smallest absolute Gasteiger partial charge is 0.0749 e. The van der Waals surface area contributed by atoms with Crippen molar-refractivity contribution < 1.29 is 0 Å². The van der Waals surface area contributed by atoms with Gasteiger partial charge in [0.05, 0.1) is 5.69 Å². The third-order valence-corrected chi connectivity index (χ3v) is 8.55. The Hall–Kier alpha value is -3.45. The van der Waals surface area contributed by atoms with Gasteiger partial charge in [0.15, 0.2) is 0 Å². The number of fused-ring (bicyclic) bond motifs is 2. The summed E-state index contributed by atoms with van der Waals surface area (Å²) in [6, 6.07) is 22.9. The molecule has 0 saturated heterocycles. The van der Waals surface area contributed by atoms with Gasteiger partial charge in [0, 0.05) is 17.2 Å². The molecular weight excluding hydrogens is 422 g/mol. The summed E-state index contributed by atoms with van der Waals surface area (Å²) in [4.78, 5) is 5.06. The molecule has 1 spiro atoms. The normalized spacial score (nSPS) is 17.4. The van der Waals surface area contributed by atoms with Gasteiger partial charge in [0.25, 0.3) is 0 Å². The molecule has 1 heterocycles. The van der Waals surface area contributed by atoms with Crippen molar-refractivity contribution in [3.05, 3.63) is 100 Å². The average Bonchev–Trinajstić information content (AvgIpc) is 3.58. The van der Waals surface area contributed by atoms with Crippen LogP contribution in [-0.4, -0.2) is 4.98 Å². The van der Waals surface area contributed by atoms with Gasteiger partial charge in [-0.05, 0) is 92.3 Å². The van der Waals surface area contributed by atoms with Crippen molar-refractivity contribution in [1.29, 1.82) is 0 Å². The summed E-state index contributed by atoms with van der Waals surface area (Å²) < 4.78 is 0. The van der Waals surface area contributed by atoms with Crippen molar-refractivity contribution in [2.45, 2.75) is 57.3 Å². The van der Waals surface area contributed by atoms with E-state index in [1.54, 1.807) is 0 Å². The lowest BCUT2D eigenvalue weighted by molar-refractivity contribution is 0.583. The number of hydrogen-bond acceptors (Lipinski definition) is 1. The van der Waals surface area contributed by atoms with E-state index in [0.29, 0.717) is 0 Å². The molecule has 0 N–H and O–H groups in total. The SMILES string of the molecule is CC(C)(C)c1ccc(C2=Cc3ccnc(-c4cc5c6c(cccc6c4)C=C5)c3C23CCCC3)cc1. The van der Waals surface area contributed by atoms with Gasteiger partial charge in [0.1, 0.15) is 0 Å². The van der Waals surface area contributed by atoms with E-state index < -0.39 is 0 Å². The summed E-state index contributed by atoms with van der Waals surface area (Å²) in [5, 5.41) is 2.68. The molecule has 0 unspecified atom stereocenters. The van der Waals surface area contributed by atoms with Crippen molar-refractivity contribution in [2.75, 3.05) is 0 Å². The maximum atomic E-state index is 5.06. The minimum absolute atomic E-state index is 0.0646. The highest BCUT2D eigenvalue weighted by atomic mass is 14.7. The van der Waals surface area contributed by atoms with Crippen molar-refractivity contribution >= 4 is 34.6 Å². The number of benzene rings is 3. The molecule has 1 fully saturated rings. The van der Waals surface area contributed by atoms with Gasteiger partial charge in [0.2, 0.25) is 0 Å². The minimum Gasteiger partial charge on any atom is -0.256 e. The van der Waals surface area contributed by atoms with E-state index in [2.05, 4.69) is 99.7 Å². The lowest BCUT2D eigenvalue weighted by Gasteiger charge is -2.31. The molecule has 0 atom stereocenters. The summed E-state index contributed by atoms with van der Waals surface area (Å²) in [6.45, 7) is 6.86. The number of hydrogen-bond donors (Lipinski definition) is 0. The molecule has 1 nitrogen and oxygen atoms in total. The van der Waals surface area contributed by atoms with E-state index in [1.807, 2.05) is 6.20 Å². The molecular formula is C34H31N. The Labute approximate surface area is 208 Å². The van der Waals surface area contributed by atoms with Gasteiger partial charge in [-0.25, -0.2) is 0 Å². The van der Waals surface area contributed by atoms with Crippen LogP contribution in [0, 0.1) is 0 Å². The Morgan fingerprint density at radius 3 is 2.31 bits per heavy atom. The van der Waals surface area contributed by atoms with Gasteiger partial charge < -0.3 is 0 Å². The van der Waals surface area contributed by atoms with Crippen molar-refractivity contribution in [3.63, 3.8) is 0 Å². The summed E-state index contributed by atoms with van der Waals surface area (Å²) in [7, 11) is 0. The molecule has 3 aromatic carbocycles. The molecule has 0 bridgehead atoms. The Bertz CT molecular complexity index is 1550. The second-order valence-electron chi connectivity index (χ2n) is 11.6. The maximum absolute atomic E-state index is 5.06. The molecule has 1 saturated carbocycles. The van der Waals surface area contributed by atoms with Gasteiger partial charge in [-0.3, -0.25) is 4.98 Å². The second-order valence-corrected chi connectivity index (χ2v) is 11.6. The number of nitrogens with zero attached hydrogens (tertiary/aromatic N) is 1. The summed E-state index contributed by atoms with van der Waals surface area (Å²) in [6.07, 6.45) is 13.9. The number of rotatable bonds is 2. The first kappa shape index (κ1) is 20.9. The van der Waals surface area contributed by atoms with E-state index in [-0.39, 0.29) is 10.8 Å². The lowest BCUT2D eigenvalue weighted by Crippen LogP contribution is -2.23. The number of aromatic nitrogens is 1. The molecule has 1 heteroatoms. The lowest BCUT2D eigenvalue weighted by atomic mass is 9.72. The van der Waals surface area contributed by atoms with E-state index in [9.17, 15) is 0 Å². The van der Waals surface area contributed by atoms with Crippen LogP contribution < -0.4 is 0 Å².